The first-order valence-corrected chi connectivity index (χ1v) is 8.17. The number of amides is 2. The number of hydrogen-bond donors (Lipinski definition) is 2. The average molecular weight is 342 g/mol. The van der Waals surface area contributed by atoms with E-state index in [1.54, 1.807) is 12.1 Å². The van der Waals surface area contributed by atoms with E-state index in [2.05, 4.69) is 10.8 Å². The summed E-state index contributed by atoms with van der Waals surface area (Å²) in [5, 5.41) is 2.63. The van der Waals surface area contributed by atoms with E-state index in [4.69, 9.17) is 9.57 Å². The Labute approximate surface area is 147 Å². The molecule has 0 bridgehead atoms. The Morgan fingerprint density at radius 2 is 1.56 bits per heavy atom. The molecule has 0 spiro atoms. The van der Waals surface area contributed by atoms with Gasteiger partial charge in [0.05, 0.1) is 6.61 Å². The van der Waals surface area contributed by atoms with Crippen LogP contribution in [0.1, 0.15) is 24.8 Å². The number of carbonyl (C=O) groups excluding carboxylic acids is 2. The molecule has 0 unspecified atom stereocenters. The molecule has 25 heavy (non-hydrogen) atoms. The second-order valence-corrected chi connectivity index (χ2v) is 5.37. The molecular formula is C19H22N2O4. The third-order valence-corrected chi connectivity index (χ3v) is 3.32. The highest BCUT2D eigenvalue weighted by Crippen LogP contribution is 2.05. The first-order chi connectivity index (χ1) is 12.2. The minimum Gasteiger partial charge on any atom is -0.461 e. The molecule has 0 fully saturated rings. The molecule has 0 aliphatic carbocycles. The summed E-state index contributed by atoms with van der Waals surface area (Å²) in [6.45, 7) is 0.617. The number of unbranched alkanes of at least 4 members (excludes halogenated alkanes) is 1. The largest absolute Gasteiger partial charge is 0.461 e. The summed E-state index contributed by atoms with van der Waals surface area (Å²) in [6, 6.07) is 18.2. The Kier molecular flexibility index (Phi) is 8.00. The number of para-hydroxylation sites is 1. The first-order valence-electron chi connectivity index (χ1n) is 8.17. The number of nitrogens with one attached hydrogen (secondary N) is 2. The fourth-order valence-electron chi connectivity index (χ4n) is 2.05. The monoisotopic (exact) mass is 342 g/mol. The van der Waals surface area contributed by atoms with Gasteiger partial charge in [-0.1, -0.05) is 48.5 Å². The summed E-state index contributed by atoms with van der Waals surface area (Å²) in [5.41, 5.74) is 3.95. The van der Waals surface area contributed by atoms with Crippen LogP contribution in [0.3, 0.4) is 0 Å². The number of hydroxylamine groups is 1. The number of carbonyl (C=O) groups is 2. The highest BCUT2D eigenvalue weighted by Gasteiger charge is 2.04. The van der Waals surface area contributed by atoms with E-state index in [1.165, 1.54) is 0 Å². The molecule has 6 nitrogen and oxygen atoms in total. The Bertz CT molecular complexity index is 647. The third kappa shape index (κ3) is 7.99. The Morgan fingerprint density at radius 1 is 0.880 bits per heavy atom. The molecule has 2 aromatic carbocycles. The lowest BCUT2D eigenvalue weighted by atomic mass is 10.2. The van der Waals surface area contributed by atoms with Gasteiger partial charge in [0.1, 0.15) is 6.61 Å². The van der Waals surface area contributed by atoms with Crippen LogP contribution in [-0.2, 0) is 21.0 Å². The fourth-order valence-corrected chi connectivity index (χ4v) is 2.05. The van der Waals surface area contributed by atoms with Gasteiger partial charge in [0.2, 0.25) is 0 Å². The lowest BCUT2D eigenvalue weighted by molar-refractivity contribution is -0.145. The Balaban J connectivity index is 1.47. The van der Waals surface area contributed by atoms with Crippen LogP contribution < -0.4 is 10.8 Å². The van der Waals surface area contributed by atoms with Crippen molar-refractivity contribution in [1.29, 1.82) is 0 Å². The van der Waals surface area contributed by atoms with Crippen LogP contribution in [0.4, 0.5) is 10.5 Å². The molecule has 2 aromatic rings. The van der Waals surface area contributed by atoms with E-state index >= 15 is 0 Å². The topological polar surface area (TPSA) is 76.7 Å². The molecule has 0 aromatic heterocycles. The quantitative estimate of drug-likeness (QED) is 0.414. The summed E-state index contributed by atoms with van der Waals surface area (Å²) >= 11 is 0. The predicted octanol–water partition coefficient (Wildman–Crippen LogP) is 3.65. The van der Waals surface area contributed by atoms with Gasteiger partial charge in [0.15, 0.2) is 0 Å². The molecule has 0 radical (unpaired) electrons. The van der Waals surface area contributed by atoms with Gasteiger partial charge < -0.3 is 10.1 Å². The zero-order valence-corrected chi connectivity index (χ0v) is 13.9. The Morgan fingerprint density at radius 3 is 2.28 bits per heavy atom. The molecule has 0 aliphatic heterocycles. The Hall–Kier alpha value is -2.86. The maximum Gasteiger partial charge on any atom is 0.343 e. The minimum absolute atomic E-state index is 0.237. The highest BCUT2D eigenvalue weighted by molar-refractivity contribution is 5.88. The molecule has 2 N–H and O–H groups in total. The number of ether oxygens (including phenoxy) is 1. The van der Waals surface area contributed by atoms with Gasteiger partial charge in [0.25, 0.3) is 0 Å². The zero-order valence-electron chi connectivity index (χ0n) is 13.9. The van der Waals surface area contributed by atoms with Gasteiger partial charge in [0, 0.05) is 12.1 Å². The number of anilines is 1. The SMILES string of the molecule is O=C(NOCCCCC(=O)OCc1ccccc1)Nc1ccccc1. The van der Waals surface area contributed by atoms with E-state index in [9.17, 15) is 9.59 Å². The van der Waals surface area contributed by atoms with Gasteiger partial charge >= 0.3 is 12.0 Å². The van der Waals surface area contributed by atoms with Gasteiger partial charge in [-0.05, 0) is 30.5 Å². The molecule has 2 rings (SSSR count). The number of hydrogen-bond acceptors (Lipinski definition) is 4. The van der Waals surface area contributed by atoms with Crippen molar-refractivity contribution in [3.63, 3.8) is 0 Å². The van der Waals surface area contributed by atoms with Crippen LogP contribution in [0.15, 0.2) is 60.7 Å². The molecule has 0 saturated carbocycles. The van der Waals surface area contributed by atoms with E-state index in [0.717, 1.165) is 5.56 Å². The summed E-state index contributed by atoms with van der Waals surface area (Å²) in [7, 11) is 0. The fraction of sp³-hybridized carbons (Fsp3) is 0.263. The van der Waals surface area contributed by atoms with Crippen molar-refractivity contribution in [3.05, 3.63) is 66.2 Å². The summed E-state index contributed by atoms with van der Waals surface area (Å²) in [5.74, 6) is -0.237. The van der Waals surface area contributed by atoms with Gasteiger partial charge in [-0.25, -0.2) is 10.3 Å². The second-order valence-electron chi connectivity index (χ2n) is 5.37. The molecular weight excluding hydrogens is 320 g/mol. The molecule has 6 heteroatoms. The number of esters is 1. The summed E-state index contributed by atoms with van der Waals surface area (Å²) in [6.07, 6.45) is 1.61. The third-order valence-electron chi connectivity index (χ3n) is 3.32. The van der Waals surface area contributed by atoms with Crippen LogP contribution in [-0.4, -0.2) is 18.6 Å². The molecule has 0 atom stereocenters. The van der Waals surface area contributed by atoms with Crippen molar-refractivity contribution < 1.29 is 19.2 Å². The number of urea groups is 1. The van der Waals surface area contributed by atoms with Gasteiger partial charge in [-0.15, -0.1) is 0 Å². The second kappa shape index (κ2) is 10.8. The van der Waals surface area contributed by atoms with Crippen LogP contribution >= 0.6 is 0 Å². The lowest BCUT2D eigenvalue weighted by Gasteiger charge is -2.08. The molecule has 0 saturated heterocycles. The lowest BCUT2D eigenvalue weighted by Crippen LogP contribution is -2.29. The van der Waals surface area contributed by atoms with Crippen molar-refractivity contribution in [1.82, 2.24) is 5.48 Å². The standard InChI is InChI=1S/C19H22N2O4/c22-18(24-15-16-9-3-1-4-10-16)13-7-8-14-25-21-19(23)20-17-11-5-2-6-12-17/h1-6,9-12H,7-8,13-15H2,(H2,20,21,23). The van der Waals surface area contributed by atoms with Crippen molar-refractivity contribution in [2.45, 2.75) is 25.9 Å². The average Bonchev–Trinajstić information content (AvgIpc) is 2.64. The van der Waals surface area contributed by atoms with E-state index in [1.807, 2.05) is 48.5 Å². The van der Waals surface area contributed by atoms with Crippen molar-refractivity contribution in [3.8, 4) is 0 Å². The van der Waals surface area contributed by atoms with E-state index in [0.29, 0.717) is 31.6 Å². The maximum atomic E-state index is 11.6. The highest BCUT2D eigenvalue weighted by atomic mass is 16.7. The molecule has 2 amide bonds. The summed E-state index contributed by atoms with van der Waals surface area (Å²) < 4.78 is 5.18. The normalized spacial score (nSPS) is 10.1. The minimum atomic E-state index is -0.437. The maximum absolute atomic E-state index is 11.6. The smallest absolute Gasteiger partial charge is 0.343 e. The van der Waals surface area contributed by atoms with Gasteiger partial charge in [-0.3, -0.25) is 9.63 Å². The van der Waals surface area contributed by atoms with Crippen LogP contribution in [0.25, 0.3) is 0 Å². The van der Waals surface area contributed by atoms with E-state index in [-0.39, 0.29) is 12.6 Å². The van der Waals surface area contributed by atoms with Crippen molar-refractivity contribution in [2.75, 3.05) is 11.9 Å². The number of benzene rings is 2. The predicted molar refractivity (Wildman–Crippen MR) is 94.6 cm³/mol. The van der Waals surface area contributed by atoms with Crippen LogP contribution in [0.5, 0.6) is 0 Å². The van der Waals surface area contributed by atoms with Crippen molar-refractivity contribution >= 4 is 17.7 Å². The van der Waals surface area contributed by atoms with Crippen LogP contribution in [0.2, 0.25) is 0 Å². The van der Waals surface area contributed by atoms with E-state index < -0.39 is 6.03 Å². The van der Waals surface area contributed by atoms with Gasteiger partial charge in [-0.2, -0.15) is 0 Å². The molecule has 132 valence electrons. The number of rotatable bonds is 9. The summed E-state index contributed by atoms with van der Waals surface area (Å²) in [4.78, 5) is 28.2. The van der Waals surface area contributed by atoms with Crippen molar-refractivity contribution in [2.24, 2.45) is 0 Å². The molecule has 0 aliphatic rings. The molecule has 0 heterocycles. The zero-order chi connectivity index (χ0) is 17.7. The van der Waals surface area contributed by atoms with Crippen LogP contribution in [0, 0.1) is 0 Å². The first kappa shape index (κ1) is 18.5.